The number of methoxy groups -OCH3 is 1. The van der Waals surface area contributed by atoms with Crippen molar-refractivity contribution in [3.05, 3.63) is 59.8 Å². The third kappa shape index (κ3) is 3.19. The van der Waals surface area contributed by atoms with Gasteiger partial charge in [-0.2, -0.15) is 13.2 Å². The predicted molar refractivity (Wildman–Crippen MR) is 94.1 cm³/mol. The monoisotopic (exact) mass is 361 g/mol. The summed E-state index contributed by atoms with van der Waals surface area (Å²) in [7, 11) is 1.28. The number of hydrogen-bond acceptors (Lipinski definition) is 2. The second-order valence-electron chi connectivity index (χ2n) is 6.34. The number of nitrogens with zero attached hydrogens (tertiary/aromatic N) is 1. The number of hydrogen-bond donors (Lipinski definition) is 0. The second-order valence-corrected chi connectivity index (χ2v) is 6.34. The van der Waals surface area contributed by atoms with E-state index in [1.807, 2.05) is 30.7 Å². The first-order valence-corrected chi connectivity index (χ1v) is 8.13. The zero-order valence-electron chi connectivity index (χ0n) is 14.6. The van der Waals surface area contributed by atoms with E-state index in [0.29, 0.717) is 22.1 Å². The van der Waals surface area contributed by atoms with Crippen LogP contribution in [0.15, 0.2) is 48.7 Å². The molecule has 2 aromatic carbocycles. The van der Waals surface area contributed by atoms with Gasteiger partial charge >= 0.3 is 12.1 Å². The Morgan fingerprint density at radius 3 is 2.42 bits per heavy atom. The number of benzene rings is 2. The van der Waals surface area contributed by atoms with Crippen LogP contribution in [0, 0.1) is 0 Å². The molecule has 0 unspecified atom stereocenters. The van der Waals surface area contributed by atoms with Crippen LogP contribution in [0.4, 0.5) is 13.2 Å². The quantitative estimate of drug-likeness (QED) is 0.561. The summed E-state index contributed by atoms with van der Waals surface area (Å²) < 4.78 is 45.9. The molecule has 0 saturated carbocycles. The maximum Gasteiger partial charge on any atom is 0.416 e. The fourth-order valence-corrected chi connectivity index (χ4v) is 3.03. The lowest BCUT2D eigenvalue weighted by molar-refractivity contribution is -0.137. The molecule has 3 nitrogen and oxygen atoms in total. The lowest BCUT2D eigenvalue weighted by Gasteiger charge is -2.13. The van der Waals surface area contributed by atoms with Gasteiger partial charge in [-0.05, 0) is 55.3 Å². The van der Waals surface area contributed by atoms with Gasteiger partial charge in [0.05, 0.1) is 18.2 Å². The van der Waals surface area contributed by atoms with Crippen molar-refractivity contribution in [1.29, 1.82) is 0 Å². The molecular formula is C20H18F3NO2. The Morgan fingerprint density at radius 2 is 1.81 bits per heavy atom. The molecule has 136 valence electrons. The SMILES string of the molecule is COC(=O)c1cc(-c2cccc(C(F)(F)F)c2)cc2c1ccn2C(C)C. The Hall–Kier alpha value is -2.76. The number of ether oxygens (including phenoxy) is 1. The molecule has 0 bridgehead atoms. The van der Waals surface area contributed by atoms with E-state index in [1.54, 1.807) is 18.2 Å². The average molecular weight is 361 g/mol. The zero-order valence-corrected chi connectivity index (χ0v) is 14.6. The molecule has 0 radical (unpaired) electrons. The molecular weight excluding hydrogens is 343 g/mol. The Bertz CT molecular complexity index is 971. The molecule has 0 amide bonds. The summed E-state index contributed by atoms with van der Waals surface area (Å²) in [5.74, 6) is -0.523. The molecule has 0 spiro atoms. The van der Waals surface area contributed by atoms with Crippen LogP contribution in [0.3, 0.4) is 0 Å². The first-order chi connectivity index (χ1) is 12.2. The Labute approximate surface area is 149 Å². The summed E-state index contributed by atoms with van der Waals surface area (Å²) >= 11 is 0. The van der Waals surface area contributed by atoms with Crippen LogP contribution in [-0.4, -0.2) is 17.6 Å². The molecule has 0 N–H and O–H groups in total. The van der Waals surface area contributed by atoms with E-state index < -0.39 is 17.7 Å². The molecule has 1 aromatic heterocycles. The third-order valence-electron chi connectivity index (χ3n) is 4.32. The van der Waals surface area contributed by atoms with Gasteiger partial charge in [-0.1, -0.05) is 12.1 Å². The van der Waals surface area contributed by atoms with Gasteiger partial charge in [0.1, 0.15) is 0 Å². The van der Waals surface area contributed by atoms with Crippen molar-refractivity contribution >= 4 is 16.9 Å². The largest absolute Gasteiger partial charge is 0.465 e. The van der Waals surface area contributed by atoms with Crippen LogP contribution >= 0.6 is 0 Å². The third-order valence-corrected chi connectivity index (χ3v) is 4.32. The summed E-state index contributed by atoms with van der Waals surface area (Å²) in [6, 6.07) is 10.4. The first kappa shape index (κ1) is 18.0. The van der Waals surface area contributed by atoms with Crippen molar-refractivity contribution in [2.24, 2.45) is 0 Å². The molecule has 6 heteroatoms. The minimum absolute atomic E-state index is 0.134. The zero-order chi connectivity index (χ0) is 19.1. The number of alkyl halides is 3. The minimum atomic E-state index is -4.43. The molecule has 0 atom stereocenters. The summed E-state index contributed by atoms with van der Waals surface area (Å²) in [5, 5.41) is 0.710. The van der Waals surface area contributed by atoms with Gasteiger partial charge in [-0.3, -0.25) is 0 Å². The van der Waals surface area contributed by atoms with Gasteiger partial charge in [0.2, 0.25) is 0 Å². The minimum Gasteiger partial charge on any atom is -0.465 e. The number of aromatic nitrogens is 1. The molecule has 26 heavy (non-hydrogen) atoms. The standard InChI is InChI=1S/C20H18F3NO2/c1-12(2)24-8-7-16-17(19(25)26-3)10-14(11-18(16)24)13-5-4-6-15(9-13)20(21,22)23/h4-12H,1-3H3. The van der Waals surface area contributed by atoms with Crippen LogP contribution < -0.4 is 0 Å². The molecule has 0 aliphatic heterocycles. The Morgan fingerprint density at radius 1 is 1.08 bits per heavy atom. The number of rotatable bonds is 3. The lowest BCUT2D eigenvalue weighted by Crippen LogP contribution is -2.05. The van der Waals surface area contributed by atoms with E-state index in [2.05, 4.69) is 0 Å². The summed E-state index contributed by atoms with van der Waals surface area (Å²) in [6.45, 7) is 3.99. The van der Waals surface area contributed by atoms with Crippen molar-refractivity contribution in [2.45, 2.75) is 26.1 Å². The van der Waals surface area contributed by atoms with Gasteiger partial charge in [-0.25, -0.2) is 4.79 Å². The van der Waals surface area contributed by atoms with Crippen LogP contribution in [0.1, 0.15) is 35.8 Å². The van der Waals surface area contributed by atoms with Crippen molar-refractivity contribution in [3.63, 3.8) is 0 Å². The van der Waals surface area contributed by atoms with Gasteiger partial charge < -0.3 is 9.30 Å². The predicted octanol–water partition coefficient (Wildman–Crippen LogP) is 5.69. The summed E-state index contributed by atoms with van der Waals surface area (Å²) in [6.07, 6.45) is -2.57. The highest BCUT2D eigenvalue weighted by Gasteiger charge is 2.30. The molecule has 3 aromatic rings. The lowest BCUT2D eigenvalue weighted by atomic mass is 9.98. The summed E-state index contributed by atoms with van der Waals surface area (Å²) in [5.41, 5.74) is 1.30. The average Bonchev–Trinajstić information content (AvgIpc) is 3.03. The van der Waals surface area contributed by atoms with Crippen LogP contribution in [-0.2, 0) is 10.9 Å². The van der Waals surface area contributed by atoms with Crippen LogP contribution in [0.5, 0.6) is 0 Å². The highest BCUT2D eigenvalue weighted by atomic mass is 19.4. The van der Waals surface area contributed by atoms with Crippen molar-refractivity contribution in [1.82, 2.24) is 4.57 Å². The van der Waals surface area contributed by atoms with Crippen LogP contribution in [0.2, 0.25) is 0 Å². The summed E-state index contributed by atoms with van der Waals surface area (Å²) in [4.78, 5) is 12.2. The fourth-order valence-electron chi connectivity index (χ4n) is 3.03. The van der Waals surface area contributed by atoms with Crippen molar-refractivity contribution in [3.8, 4) is 11.1 Å². The Kier molecular flexibility index (Phi) is 4.52. The molecule has 3 rings (SSSR count). The van der Waals surface area contributed by atoms with Gasteiger partial charge in [0.15, 0.2) is 0 Å². The van der Waals surface area contributed by atoms with Gasteiger partial charge in [-0.15, -0.1) is 0 Å². The second kappa shape index (κ2) is 6.52. The van der Waals surface area contributed by atoms with E-state index in [4.69, 9.17) is 4.74 Å². The smallest absolute Gasteiger partial charge is 0.416 e. The molecule has 1 heterocycles. The highest BCUT2D eigenvalue weighted by Crippen LogP contribution is 2.34. The van der Waals surface area contributed by atoms with Crippen LogP contribution in [0.25, 0.3) is 22.0 Å². The number of esters is 1. The van der Waals surface area contributed by atoms with Crippen molar-refractivity contribution in [2.75, 3.05) is 7.11 Å². The highest BCUT2D eigenvalue weighted by molar-refractivity contribution is 6.06. The van der Waals surface area contributed by atoms with E-state index in [0.717, 1.165) is 17.6 Å². The molecule has 0 aliphatic carbocycles. The van der Waals surface area contributed by atoms with E-state index in [1.165, 1.54) is 13.2 Å². The number of carbonyl (C=O) groups is 1. The van der Waals surface area contributed by atoms with E-state index >= 15 is 0 Å². The topological polar surface area (TPSA) is 31.2 Å². The van der Waals surface area contributed by atoms with E-state index in [9.17, 15) is 18.0 Å². The van der Waals surface area contributed by atoms with Gasteiger partial charge in [0, 0.05) is 23.1 Å². The van der Waals surface area contributed by atoms with E-state index in [-0.39, 0.29) is 6.04 Å². The van der Waals surface area contributed by atoms with Crippen molar-refractivity contribution < 1.29 is 22.7 Å². The maximum atomic E-state index is 13.0. The van der Waals surface area contributed by atoms with Gasteiger partial charge in [0.25, 0.3) is 0 Å². The number of fused-ring (bicyclic) bond motifs is 1. The number of halogens is 3. The normalized spacial score (nSPS) is 12.0. The fraction of sp³-hybridized carbons (Fsp3) is 0.250. The first-order valence-electron chi connectivity index (χ1n) is 8.13. The molecule has 0 fully saturated rings. The Balaban J connectivity index is 2.27. The molecule has 0 saturated heterocycles. The number of carbonyl (C=O) groups excluding carboxylic acids is 1. The maximum absolute atomic E-state index is 13.0. The molecule has 0 aliphatic rings.